The number of nitrogens with zero attached hydrogens (tertiary/aromatic N) is 5. The Morgan fingerprint density at radius 1 is 1.26 bits per heavy atom. The van der Waals surface area contributed by atoms with E-state index in [4.69, 9.17) is 11.6 Å². The van der Waals surface area contributed by atoms with Crippen LogP contribution >= 0.6 is 11.6 Å². The molecule has 1 aliphatic rings. The Bertz CT molecular complexity index is 671. The second-order valence-corrected chi connectivity index (χ2v) is 5.62. The molecule has 0 bridgehead atoms. The molecule has 1 aromatic carbocycles. The summed E-state index contributed by atoms with van der Waals surface area (Å²) in [6.07, 6.45) is 3.33. The van der Waals surface area contributed by atoms with Crippen LogP contribution < -0.4 is 4.90 Å². The molecule has 122 valence electrons. The monoisotopic (exact) mass is 337 g/mol. The standard InChI is InChI=1S/C15H17ClFN5O/c16-10-14(23)20-6-8-21(9-7-20)15-12(2-1-3-13(15)17)11-22-5-4-18-19-22/h1-5H,6-11H2. The number of halogens is 2. The molecule has 2 heterocycles. The Labute approximate surface area is 138 Å². The van der Waals surface area contributed by atoms with Gasteiger partial charge in [-0.05, 0) is 11.6 Å². The average molecular weight is 338 g/mol. The highest BCUT2D eigenvalue weighted by atomic mass is 35.5. The molecule has 0 N–H and O–H groups in total. The van der Waals surface area contributed by atoms with Gasteiger partial charge in [-0.1, -0.05) is 17.3 Å². The van der Waals surface area contributed by atoms with Gasteiger partial charge in [-0.2, -0.15) is 0 Å². The average Bonchev–Trinajstić information content (AvgIpc) is 3.08. The van der Waals surface area contributed by atoms with Crippen molar-refractivity contribution in [2.75, 3.05) is 37.0 Å². The van der Waals surface area contributed by atoms with Crippen LogP contribution in [0.2, 0.25) is 0 Å². The summed E-state index contributed by atoms with van der Waals surface area (Å²) in [4.78, 5) is 15.3. The summed E-state index contributed by atoms with van der Waals surface area (Å²) in [5.74, 6) is -0.362. The molecule has 0 spiro atoms. The van der Waals surface area contributed by atoms with Crippen LogP contribution in [0.4, 0.5) is 10.1 Å². The molecule has 0 radical (unpaired) electrons. The minimum atomic E-state index is -0.264. The Morgan fingerprint density at radius 2 is 2.04 bits per heavy atom. The molecule has 1 fully saturated rings. The first-order chi connectivity index (χ1) is 11.2. The van der Waals surface area contributed by atoms with Crippen molar-refractivity contribution in [2.45, 2.75) is 6.54 Å². The predicted molar refractivity (Wildman–Crippen MR) is 85.0 cm³/mol. The molecule has 0 aliphatic carbocycles. The van der Waals surface area contributed by atoms with Gasteiger partial charge in [-0.25, -0.2) is 9.07 Å². The van der Waals surface area contributed by atoms with E-state index in [0.29, 0.717) is 38.4 Å². The van der Waals surface area contributed by atoms with Crippen molar-refractivity contribution < 1.29 is 9.18 Å². The fourth-order valence-corrected chi connectivity index (χ4v) is 2.97. The van der Waals surface area contributed by atoms with Crippen LogP contribution in [-0.2, 0) is 11.3 Å². The van der Waals surface area contributed by atoms with E-state index in [1.165, 1.54) is 6.07 Å². The zero-order valence-corrected chi connectivity index (χ0v) is 13.3. The maximum absolute atomic E-state index is 14.4. The zero-order chi connectivity index (χ0) is 16.2. The molecule has 2 aromatic rings. The van der Waals surface area contributed by atoms with Gasteiger partial charge in [0.15, 0.2) is 0 Å². The second-order valence-electron chi connectivity index (χ2n) is 5.35. The summed E-state index contributed by atoms with van der Waals surface area (Å²) >= 11 is 5.59. The third kappa shape index (κ3) is 3.44. The maximum Gasteiger partial charge on any atom is 0.237 e. The smallest absolute Gasteiger partial charge is 0.237 e. The van der Waals surface area contributed by atoms with Crippen LogP contribution in [0.15, 0.2) is 30.6 Å². The van der Waals surface area contributed by atoms with Crippen LogP contribution in [0.1, 0.15) is 5.56 Å². The van der Waals surface area contributed by atoms with Crippen molar-refractivity contribution in [3.05, 3.63) is 42.0 Å². The van der Waals surface area contributed by atoms with Crippen LogP contribution in [0.3, 0.4) is 0 Å². The lowest BCUT2D eigenvalue weighted by Crippen LogP contribution is -2.49. The Morgan fingerprint density at radius 3 is 2.70 bits per heavy atom. The number of para-hydroxylation sites is 1. The van der Waals surface area contributed by atoms with Gasteiger partial charge in [0, 0.05) is 32.4 Å². The topological polar surface area (TPSA) is 54.3 Å². The Hall–Kier alpha value is -2.15. The van der Waals surface area contributed by atoms with Crippen molar-refractivity contribution >= 4 is 23.2 Å². The summed E-state index contributed by atoms with van der Waals surface area (Å²) in [6.45, 7) is 2.70. The van der Waals surface area contributed by atoms with E-state index in [2.05, 4.69) is 10.3 Å². The molecule has 3 rings (SSSR count). The van der Waals surface area contributed by atoms with E-state index in [-0.39, 0.29) is 17.6 Å². The molecule has 0 unspecified atom stereocenters. The molecule has 1 amide bonds. The lowest BCUT2D eigenvalue weighted by molar-refractivity contribution is -0.128. The van der Waals surface area contributed by atoms with E-state index in [1.807, 2.05) is 11.0 Å². The Kier molecular flexibility index (Phi) is 4.76. The molecular weight excluding hydrogens is 321 g/mol. The van der Waals surface area contributed by atoms with E-state index in [1.54, 1.807) is 28.0 Å². The van der Waals surface area contributed by atoms with Gasteiger partial charge in [-0.3, -0.25) is 4.79 Å². The third-order valence-corrected chi connectivity index (χ3v) is 4.17. The molecular formula is C15H17ClFN5O. The number of amides is 1. The van der Waals surface area contributed by atoms with Gasteiger partial charge in [0.05, 0.1) is 18.4 Å². The molecule has 1 aliphatic heterocycles. The van der Waals surface area contributed by atoms with E-state index < -0.39 is 0 Å². The molecule has 1 aromatic heterocycles. The molecule has 6 nitrogen and oxygen atoms in total. The number of alkyl halides is 1. The number of carbonyl (C=O) groups is 1. The second kappa shape index (κ2) is 6.95. The molecule has 8 heteroatoms. The van der Waals surface area contributed by atoms with Crippen molar-refractivity contribution in [1.29, 1.82) is 0 Å². The minimum absolute atomic E-state index is 0.0166. The van der Waals surface area contributed by atoms with Crippen molar-refractivity contribution in [1.82, 2.24) is 19.9 Å². The number of anilines is 1. The van der Waals surface area contributed by atoms with Crippen LogP contribution in [-0.4, -0.2) is 57.9 Å². The van der Waals surface area contributed by atoms with Crippen molar-refractivity contribution in [3.63, 3.8) is 0 Å². The number of hydrogen-bond donors (Lipinski definition) is 0. The third-order valence-electron chi connectivity index (χ3n) is 3.94. The van der Waals surface area contributed by atoms with E-state index in [9.17, 15) is 9.18 Å². The van der Waals surface area contributed by atoms with Gasteiger partial charge in [0.2, 0.25) is 5.91 Å². The number of aromatic nitrogens is 3. The Balaban J connectivity index is 1.78. The van der Waals surface area contributed by atoms with E-state index >= 15 is 0 Å². The van der Waals surface area contributed by atoms with Crippen LogP contribution in [0.5, 0.6) is 0 Å². The number of hydrogen-bond acceptors (Lipinski definition) is 4. The quantitative estimate of drug-likeness (QED) is 0.790. The highest BCUT2D eigenvalue weighted by Crippen LogP contribution is 2.26. The lowest BCUT2D eigenvalue weighted by Gasteiger charge is -2.37. The molecule has 0 atom stereocenters. The van der Waals surface area contributed by atoms with Gasteiger partial charge >= 0.3 is 0 Å². The highest BCUT2D eigenvalue weighted by molar-refractivity contribution is 6.27. The van der Waals surface area contributed by atoms with Gasteiger partial charge in [0.25, 0.3) is 0 Å². The minimum Gasteiger partial charge on any atom is -0.365 e. The van der Waals surface area contributed by atoms with Gasteiger partial charge in [0.1, 0.15) is 11.7 Å². The SMILES string of the molecule is O=C(CCl)N1CCN(c2c(F)cccc2Cn2ccnn2)CC1. The highest BCUT2D eigenvalue weighted by Gasteiger charge is 2.24. The molecule has 0 saturated carbocycles. The molecule has 1 saturated heterocycles. The van der Waals surface area contributed by atoms with Crippen molar-refractivity contribution in [2.24, 2.45) is 0 Å². The zero-order valence-electron chi connectivity index (χ0n) is 12.5. The normalized spacial score (nSPS) is 15.0. The summed E-state index contributed by atoms with van der Waals surface area (Å²) in [5, 5.41) is 7.70. The largest absolute Gasteiger partial charge is 0.365 e. The number of carbonyl (C=O) groups excluding carboxylic acids is 1. The van der Waals surface area contributed by atoms with Gasteiger partial charge < -0.3 is 9.80 Å². The fraction of sp³-hybridized carbons (Fsp3) is 0.400. The number of piperazine rings is 1. The molecule has 23 heavy (non-hydrogen) atoms. The summed E-state index contributed by atoms with van der Waals surface area (Å²) in [5.41, 5.74) is 1.41. The predicted octanol–water partition coefficient (Wildman–Crippen LogP) is 1.35. The lowest BCUT2D eigenvalue weighted by atomic mass is 10.1. The summed E-state index contributed by atoms with van der Waals surface area (Å²) in [6, 6.07) is 5.03. The fourth-order valence-electron chi connectivity index (χ4n) is 2.80. The first-order valence-corrected chi connectivity index (χ1v) is 7.92. The summed E-state index contributed by atoms with van der Waals surface area (Å²) in [7, 11) is 0. The van der Waals surface area contributed by atoms with Crippen LogP contribution in [0, 0.1) is 5.82 Å². The van der Waals surface area contributed by atoms with Crippen LogP contribution in [0.25, 0.3) is 0 Å². The maximum atomic E-state index is 14.4. The van der Waals surface area contributed by atoms with Crippen molar-refractivity contribution in [3.8, 4) is 0 Å². The first-order valence-electron chi connectivity index (χ1n) is 7.39. The number of benzene rings is 1. The number of rotatable bonds is 4. The van der Waals surface area contributed by atoms with E-state index in [0.717, 1.165) is 5.56 Å². The summed E-state index contributed by atoms with van der Waals surface area (Å²) < 4.78 is 16.1. The van der Waals surface area contributed by atoms with Gasteiger partial charge in [-0.15, -0.1) is 16.7 Å². The first kappa shape index (κ1) is 15.7.